The van der Waals surface area contributed by atoms with Crippen molar-refractivity contribution in [2.45, 2.75) is 23.5 Å². The summed E-state index contributed by atoms with van der Waals surface area (Å²) in [5.41, 5.74) is 0.712. The molecular weight excluding hydrogens is 226 g/mol. The Morgan fingerprint density at radius 1 is 1.31 bits per heavy atom. The maximum absolute atomic E-state index is 10.3. The van der Waals surface area contributed by atoms with Crippen molar-refractivity contribution < 1.29 is 14.2 Å². The van der Waals surface area contributed by atoms with Gasteiger partial charge in [-0.05, 0) is 26.0 Å². The summed E-state index contributed by atoms with van der Waals surface area (Å²) in [5, 5.41) is 9.31. The zero-order valence-corrected chi connectivity index (χ0v) is 10.2. The Labute approximate surface area is 96.9 Å². The number of aliphatic hydroxyl groups is 1. The van der Waals surface area contributed by atoms with Crippen LogP contribution in [-0.4, -0.2) is 32.2 Å². The first-order chi connectivity index (χ1) is 7.40. The van der Waals surface area contributed by atoms with Gasteiger partial charge in [-0.25, -0.2) is 0 Å². The van der Waals surface area contributed by atoms with Crippen molar-refractivity contribution in [3.63, 3.8) is 0 Å². The summed E-state index contributed by atoms with van der Waals surface area (Å²) in [6.07, 6.45) is 0. The molecule has 0 spiro atoms. The minimum atomic E-state index is -2.82. The number of hydrogen-bond acceptors (Lipinski definition) is 4. The first-order valence-corrected chi connectivity index (χ1v) is 6.67. The van der Waals surface area contributed by atoms with Gasteiger partial charge in [0.05, 0.1) is 15.3 Å². The van der Waals surface area contributed by atoms with E-state index >= 15 is 0 Å². The highest BCUT2D eigenvalue weighted by Gasteiger charge is 2.43. The topological polar surface area (TPSA) is 63.9 Å². The smallest absolute Gasteiger partial charge is 0.115 e. The molecule has 0 unspecified atom stereocenters. The van der Waals surface area contributed by atoms with Gasteiger partial charge in [-0.3, -0.25) is 9.11 Å². The molecule has 16 heavy (non-hydrogen) atoms. The van der Waals surface area contributed by atoms with E-state index in [-0.39, 0.29) is 6.73 Å². The molecule has 0 aliphatic carbocycles. The highest BCUT2D eigenvalue weighted by molar-refractivity contribution is 8.25. The largest absolute Gasteiger partial charge is 0.376 e. The van der Waals surface area contributed by atoms with Crippen LogP contribution in [0.2, 0.25) is 0 Å². The highest BCUT2D eigenvalue weighted by atomic mass is 32.3. The molecule has 1 heterocycles. The van der Waals surface area contributed by atoms with E-state index in [0.717, 1.165) is 0 Å². The third kappa shape index (κ3) is 1.51. The number of hydrogen-bond donors (Lipinski definition) is 3. The van der Waals surface area contributed by atoms with Gasteiger partial charge < -0.3 is 10.0 Å². The lowest BCUT2D eigenvalue weighted by Crippen LogP contribution is -2.47. The monoisotopic (exact) mass is 243 g/mol. The SMILES string of the molecule is CC1(C)CN(CO)c2ccccc2S1(O)O. The lowest BCUT2D eigenvalue weighted by molar-refractivity contribution is 0.281. The average molecular weight is 243 g/mol. The molecule has 1 aromatic rings. The molecular formula is C11H17NO3S. The quantitative estimate of drug-likeness (QED) is 0.708. The molecule has 1 aromatic carbocycles. The van der Waals surface area contributed by atoms with Crippen LogP contribution in [0.3, 0.4) is 0 Å². The van der Waals surface area contributed by atoms with E-state index in [1.165, 1.54) is 0 Å². The second kappa shape index (κ2) is 3.63. The molecule has 0 fully saturated rings. The van der Waals surface area contributed by atoms with Crippen LogP contribution in [0.4, 0.5) is 5.69 Å². The van der Waals surface area contributed by atoms with Gasteiger partial charge in [0.15, 0.2) is 0 Å². The number of rotatable bonds is 1. The zero-order valence-electron chi connectivity index (χ0n) is 9.42. The van der Waals surface area contributed by atoms with Gasteiger partial charge in [-0.15, -0.1) is 0 Å². The predicted octanol–water partition coefficient (Wildman–Crippen LogP) is 2.34. The van der Waals surface area contributed by atoms with E-state index in [1.54, 1.807) is 36.9 Å². The summed E-state index contributed by atoms with van der Waals surface area (Å²) in [6.45, 7) is 3.93. The summed E-state index contributed by atoms with van der Waals surface area (Å²) >= 11 is 0. The normalized spacial score (nSPS) is 23.7. The van der Waals surface area contributed by atoms with E-state index in [1.807, 2.05) is 6.07 Å². The van der Waals surface area contributed by atoms with Crippen LogP contribution in [0.1, 0.15) is 13.8 Å². The number of nitrogens with zero attached hydrogens (tertiary/aromatic N) is 1. The molecule has 0 bridgehead atoms. The molecule has 0 radical (unpaired) electrons. The summed E-state index contributed by atoms with van der Waals surface area (Å²) in [4.78, 5) is 2.29. The second-order valence-electron chi connectivity index (χ2n) is 4.62. The van der Waals surface area contributed by atoms with E-state index in [2.05, 4.69) is 0 Å². The molecule has 3 N–H and O–H groups in total. The number of para-hydroxylation sites is 1. The third-order valence-corrected chi connectivity index (χ3v) is 5.65. The standard InChI is InChI=1S/C11H17NO3S/c1-11(2)7-12(8-13)9-5-3-4-6-10(9)16(11,14)15/h3-6,13-15H,7-8H2,1-2H3. The van der Waals surface area contributed by atoms with Crippen molar-refractivity contribution >= 4 is 16.3 Å². The van der Waals surface area contributed by atoms with Gasteiger partial charge in [0.2, 0.25) is 0 Å². The van der Waals surface area contributed by atoms with Gasteiger partial charge in [-0.1, -0.05) is 12.1 Å². The third-order valence-electron chi connectivity index (χ3n) is 3.03. The molecule has 0 aromatic heterocycles. The summed E-state index contributed by atoms with van der Waals surface area (Å²) in [7, 11) is -2.82. The van der Waals surface area contributed by atoms with Gasteiger partial charge >= 0.3 is 0 Å². The van der Waals surface area contributed by atoms with E-state index in [0.29, 0.717) is 17.1 Å². The van der Waals surface area contributed by atoms with Crippen LogP contribution in [0, 0.1) is 0 Å². The summed E-state index contributed by atoms with van der Waals surface area (Å²) in [5.74, 6) is 0. The minimum Gasteiger partial charge on any atom is -0.376 e. The number of anilines is 1. The van der Waals surface area contributed by atoms with Crippen molar-refractivity contribution in [2.75, 3.05) is 18.2 Å². The maximum atomic E-state index is 10.3. The Morgan fingerprint density at radius 3 is 2.56 bits per heavy atom. The second-order valence-corrected chi connectivity index (χ2v) is 7.26. The summed E-state index contributed by atoms with van der Waals surface area (Å²) in [6, 6.07) is 7.13. The Kier molecular flexibility index (Phi) is 2.66. The maximum Gasteiger partial charge on any atom is 0.115 e. The van der Waals surface area contributed by atoms with Crippen molar-refractivity contribution in [3.8, 4) is 0 Å². The van der Waals surface area contributed by atoms with Gasteiger partial charge in [0.25, 0.3) is 0 Å². The Hall–Kier alpha value is -0.750. The van der Waals surface area contributed by atoms with E-state index in [9.17, 15) is 14.2 Å². The van der Waals surface area contributed by atoms with Crippen molar-refractivity contribution in [1.29, 1.82) is 0 Å². The molecule has 0 atom stereocenters. The average Bonchev–Trinajstić information content (AvgIpc) is 2.24. The summed E-state index contributed by atoms with van der Waals surface area (Å²) < 4.78 is 19.9. The van der Waals surface area contributed by atoms with Crippen LogP contribution < -0.4 is 4.90 Å². The molecule has 0 amide bonds. The number of aliphatic hydroxyl groups excluding tert-OH is 1. The van der Waals surface area contributed by atoms with E-state index < -0.39 is 15.3 Å². The number of benzene rings is 1. The Morgan fingerprint density at radius 2 is 1.94 bits per heavy atom. The van der Waals surface area contributed by atoms with Crippen molar-refractivity contribution in [1.82, 2.24) is 0 Å². The molecule has 4 nitrogen and oxygen atoms in total. The van der Waals surface area contributed by atoms with Gasteiger partial charge in [-0.2, -0.15) is 10.6 Å². The molecule has 2 rings (SSSR count). The highest BCUT2D eigenvalue weighted by Crippen LogP contribution is 2.64. The molecule has 0 saturated carbocycles. The first-order valence-electron chi connectivity index (χ1n) is 5.13. The fourth-order valence-electron chi connectivity index (χ4n) is 2.02. The Balaban J connectivity index is 2.60. The lowest BCUT2D eigenvalue weighted by Gasteiger charge is -2.53. The number of fused-ring (bicyclic) bond motifs is 1. The van der Waals surface area contributed by atoms with Crippen LogP contribution >= 0.6 is 10.6 Å². The van der Waals surface area contributed by atoms with Crippen LogP contribution in [0.15, 0.2) is 29.2 Å². The van der Waals surface area contributed by atoms with Gasteiger partial charge in [0, 0.05) is 6.54 Å². The van der Waals surface area contributed by atoms with Crippen LogP contribution in [0.25, 0.3) is 0 Å². The fourth-order valence-corrected chi connectivity index (χ4v) is 3.71. The van der Waals surface area contributed by atoms with Crippen molar-refractivity contribution in [3.05, 3.63) is 24.3 Å². The molecule has 1 aliphatic heterocycles. The van der Waals surface area contributed by atoms with Crippen LogP contribution in [-0.2, 0) is 0 Å². The first kappa shape index (κ1) is 11.7. The lowest BCUT2D eigenvalue weighted by atomic mass is 10.1. The van der Waals surface area contributed by atoms with E-state index in [4.69, 9.17) is 0 Å². The van der Waals surface area contributed by atoms with Gasteiger partial charge in [0.1, 0.15) is 6.73 Å². The van der Waals surface area contributed by atoms with Crippen LogP contribution in [0.5, 0.6) is 0 Å². The Bertz CT molecular complexity index is 406. The molecule has 1 aliphatic rings. The fraction of sp³-hybridized carbons (Fsp3) is 0.455. The zero-order chi connectivity index (χ0) is 12.0. The minimum absolute atomic E-state index is 0.115. The predicted molar refractivity (Wildman–Crippen MR) is 66.1 cm³/mol. The molecule has 0 saturated heterocycles. The van der Waals surface area contributed by atoms with Crippen molar-refractivity contribution in [2.24, 2.45) is 0 Å². The molecule has 90 valence electrons. The molecule has 5 heteroatoms.